The van der Waals surface area contributed by atoms with Crippen LogP contribution in [0.25, 0.3) is 0 Å². The molecule has 1 aliphatic rings. The van der Waals surface area contributed by atoms with Crippen LogP contribution in [0.5, 0.6) is 0 Å². The Balaban J connectivity index is 2.38. The van der Waals surface area contributed by atoms with Crippen LogP contribution in [0.15, 0.2) is 23.2 Å². The molecular formula is C15H19N3O3S. The zero-order chi connectivity index (χ0) is 16.1. The van der Waals surface area contributed by atoms with Gasteiger partial charge in [0.25, 0.3) is 0 Å². The summed E-state index contributed by atoms with van der Waals surface area (Å²) in [5.74, 6) is 0.127. The van der Waals surface area contributed by atoms with Gasteiger partial charge in [-0.2, -0.15) is 4.99 Å². The summed E-state index contributed by atoms with van der Waals surface area (Å²) in [6.07, 6.45) is 0.925. The van der Waals surface area contributed by atoms with Crippen molar-refractivity contribution in [3.8, 4) is 0 Å². The third kappa shape index (κ3) is 3.86. The maximum absolute atomic E-state index is 12.2. The molecule has 22 heavy (non-hydrogen) atoms. The lowest BCUT2D eigenvalue weighted by Crippen LogP contribution is -2.31. The Morgan fingerprint density at radius 1 is 1.50 bits per heavy atom. The van der Waals surface area contributed by atoms with Crippen LogP contribution in [0.1, 0.15) is 24.5 Å². The van der Waals surface area contributed by atoms with Crippen molar-refractivity contribution in [1.82, 2.24) is 0 Å². The Kier molecular flexibility index (Phi) is 5.57. The molecule has 0 unspecified atom stereocenters. The minimum atomic E-state index is -0.807. The summed E-state index contributed by atoms with van der Waals surface area (Å²) in [7, 11) is 0. The zero-order valence-corrected chi connectivity index (χ0v) is 13.5. The number of aryl methyl sites for hydroxylation is 1. The van der Waals surface area contributed by atoms with E-state index in [1.807, 2.05) is 32.0 Å². The Morgan fingerprint density at radius 3 is 2.95 bits per heavy atom. The van der Waals surface area contributed by atoms with Gasteiger partial charge in [0.1, 0.15) is 0 Å². The standard InChI is InChI=1S/C15H19N3O3S/c1-3-6-21-8-11-5-4-10(2)7-12(11)18-13(19)9-22-15(18)17-14(16)20/h4-5,7H,3,6,8-9H2,1-2H3,(H2,16,20). The van der Waals surface area contributed by atoms with Crippen LogP contribution in [0.4, 0.5) is 10.5 Å². The van der Waals surface area contributed by atoms with Crippen LogP contribution in [-0.4, -0.2) is 29.5 Å². The number of thioether (sulfide) groups is 1. The van der Waals surface area contributed by atoms with Crippen molar-refractivity contribution < 1.29 is 14.3 Å². The smallest absolute Gasteiger partial charge is 0.340 e. The van der Waals surface area contributed by atoms with Gasteiger partial charge in [-0.3, -0.25) is 9.69 Å². The molecule has 118 valence electrons. The molecule has 6 nitrogen and oxygen atoms in total. The van der Waals surface area contributed by atoms with E-state index in [9.17, 15) is 9.59 Å². The van der Waals surface area contributed by atoms with Crippen molar-refractivity contribution in [2.24, 2.45) is 10.7 Å². The highest BCUT2D eigenvalue weighted by Crippen LogP contribution is 2.31. The number of aliphatic imine (C=N–C) groups is 1. The van der Waals surface area contributed by atoms with Crippen molar-refractivity contribution in [3.05, 3.63) is 29.3 Å². The van der Waals surface area contributed by atoms with Crippen LogP contribution in [0.3, 0.4) is 0 Å². The van der Waals surface area contributed by atoms with Crippen LogP contribution in [0.2, 0.25) is 0 Å². The Morgan fingerprint density at radius 2 is 2.27 bits per heavy atom. The van der Waals surface area contributed by atoms with Gasteiger partial charge in [0.15, 0.2) is 5.17 Å². The predicted molar refractivity (Wildman–Crippen MR) is 88.1 cm³/mol. The van der Waals surface area contributed by atoms with E-state index < -0.39 is 6.03 Å². The van der Waals surface area contributed by atoms with Gasteiger partial charge >= 0.3 is 6.03 Å². The first-order valence-corrected chi connectivity index (χ1v) is 8.02. The maximum Gasteiger partial charge on any atom is 0.340 e. The maximum atomic E-state index is 12.2. The summed E-state index contributed by atoms with van der Waals surface area (Å²) in [5.41, 5.74) is 7.71. The number of nitrogens with two attached hydrogens (primary N) is 1. The molecule has 1 fully saturated rings. The second-order valence-corrected chi connectivity index (χ2v) is 5.88. The molecule has 3 amide bonds. The number of carbonyl (C=O) groups excluding carboxylic acids is 2. The van der Waals surface area contributed by atoms with Crippen molar-refractivity contribution in [2.75, 3.05) is 17.3 Å². The van der Waals surface area contributed by atoms with E-state index in [4.69, 9.17) is 10.5 Å². The third-order valence-electron chi connectivity index (χ3n) is 3.06. The van der Waals surface area contributed by atoms with Crippen LogP contribution in [-0.2, 0) is 16.1 Å². The quantitative estimate of drug-likeness (QED) is 0.844. The molecule has 2 rings (SSSR count). The van der Waals surface area contributed by atoms with Gasteiger partial charge in [0.05, 0.1) is 18.0 Å². The number of primary amides is 1. The van der Waals surface area contributed by atoms with Gasteiger partial charge in [-0.1, -0.05) is 30.8 Å². The van der Waals surface area contributed by atoms with Gasteiger partial charge in [-0.05, 0) is 25.0 Å². The summed E-state index contributed by atoms with van der Waals surface area (Å²) in [5, 5.41) is 0.319. The predicted octanol–water partition coefficient (Wildman–Crippen LogP) is 2.44. The van der Waals surface area contributed by atoms with E-state index in [1.165, 1.54) is 16.7 Å². The summed E-state index contributed by atoms with van der Waals surface area (Å²) in [6, 6.07) is 4.98. The van der Waals surface area contributed by atoms with Crippen molar-refractivity contribution in [3.63, 3.8) is 0 Å². The lowest BCUT2D eigenvalue weighted by molar-refractivity contribution is -0.115. The molecule has 1 aromatic carbocycles. The fraction of sp³-hybridized carbons (Fsp3) is 0.400. The number of nitrogens with zero attached hydrogens (tertiary/aromatic N) is 2. The number of hydrogen-bond donors (Lipinski definition) is 1. The van der Waals surface area contributed by atoms with E-state index in [-0.39, 0.29) is 11.7 Å². The number of rotatable bonds is 5. The lowest BCUT2D eigenvalue weighted by atomic mass is 10.1. The average Bonchev–Trinajstić information content (AvgIpc) is 2.81. The highest BCUT2D eigenvalue weighted by atomic mass is 32.2. The molecule has 0 atom stereocenters. The number of benzene rings is 1. The monoisotopic (exact) mass is 321 g/mol. The van der Waals surface area contributed by atoms with Gasteiger partial charge in [-0.15, -0.1) is 0 Å². The molecule has 0 radical (unpaired) electrons. The Bertz CT molecular complexity index is 616. The van der Waals surface area contributed by atoms with Crippen molar-refractivity contribution >= 4 is 34.6 Å². The summed E-state index contributed by atoms with van der Waals surface area (Å²) >= 11 is 1.21. The minimum Gasteiger partial charge on any atom is -0.377 e. The van der Waals surface area contributed by atoms with E-state index in [0.717, 1.165) is 17.5 Å². The largest absolute Gasteiger partial charge is 0.377 e. The molecule has 1 heterocycles. The molecule has 0 bridgehead atoms. The summed E-state index contributed by atoms with van der Waals surface area (Å²) in [6.45, 7) is 5.03. The van der Waals surface area contributed by atoms with E-state index in [1.54, 1.807) is 0 Å². The topological polar surface area (TPSA) is 85.0 Å². The average molecular weight is 321 g/mol. The van der Waals surface area contributed by atoms with E-state index >= 15 is 0 Å². The summed E-state index contributed by atoms with van der Waals surface area (Å²) < 4.78 is 5.58. The number of hydrogen-bond acceptors (Lipinski definition) is 4. The number of ether oxygens (including phenoxy) is 1. The van der Waals surface area contributed by atoms with Crippen LogP contribution < -0.4 is 10.6 Å². The number of amidine groups is 1. The SMILES string of the molecule is CCCOCc1ccc(C)cc1N1C(=O)CSC1=NC(N)=O. The molecule has 2 N–H and O–H groups in total. The van der Waals surface area contributed by atoms with Gasteiger partial charge < -0.3 is 10.5 Å². The van der Waals surface area contributed by atoms with Crippen molar-refractivity contribution in [2.45, 2.75) is 26.9 Å². The number of anilines is 1. The fourth-order valence-corrected chi connectivity index (χ4v) is 2.97. The van der Waals surface area contributed by atoms with Gasteiger partial charge in [-0.25, -0.2) is 4.79 Å². The van der Waals surface area contributed by atoms with Crippen LogP contribution >= 0.6 is 11.8 Å². The van der Waals surface area contributed by atoms with E-state index in [2.05, 4.69) is 4.99 Å². The first-order valence-electron chi connectivity index (χ1n) is 7.04. The van der Waals surface area contributed by atoms with Gasteiger partial charge in [0.2, 0.25) is 5.91 Å². The molecule has 0 spiro atoms. The molecule has 0 saturated carbocycles. The van der Waals surface area contributed by atoms with Gasteiger partial charge in [0, 0.05) is 12.2 Å². The lowest BCUT2D eigenvalue weighted by Gasteiger charge is -2.20. The normalized spacial score (nSPS) is 16.5. The molecule has 1 aliphatic heterocycles. The minimum absolute atomic E-state index is 0.118. The number of urea groups is 1. The van der Waals surface area contributed by atoms with Crippen molar-refractivity contribution in [1.29, 1.82) is 0 Å². The molecule has 1 saturated heterocycles. The molecule has 0 aliphatic carbocycles. The number of amides is 3. The third-order valence-corrected chi connectivity index (χ3v) is 3.98. The highest BCUT2D eigenvalue weighted by Gasteiger charge is 2.31. The second kappa shape index (κ2) is 7.42. The first-order chi connectivity index (χ1) is 10.5. The summed E-state index contributed by atoms with van der Waals surface area (Å²) in [4.78, 5) is 28.4. The van der Waals surface area contributed by atoms with E-state index in [0.29, 0.717) is 24.1 Å². The Labute approximate surface area is 133 Å². The molecule has 1 aromatic rings. The first kappa shape index (κ1) is 16.5. The molecule has 7 heteroatoms. The second-order valence-electron chi connectivity index (χ2n) is 4.94. The highest BCUT2D eigenvalue weighted by molar-refractivity contribution is 8.15. The zero-order valence-electron chi connectivity index (χ0n) is 12.7. The number of carbonyl (C=O) groups is 2. The molecular weight excluding hydrogens is 302 g/mol. The molecule has 0 aromatic heterocycles. The fourth-order valence-electron chi connectivity index (χ4n) is 2.11. The van der Waals surface area contributed by atoms with Crippen LogP contribution in [0, 0.1) is 6.92 Å². The Hall–Kier alpha value is -1.86.